The molecule has 1 atom stereocenters. The van der Waals surface area contributed by atoms with Gasteiger partial charge in [-0.15, -0.1) is 0 Å². The summed E-state index contributed by atoms with van der Waals surface area (Å²) in [7, 11) is 2.00. The average molecular weight is 267 g/mol. The minimum Gasteiger partial charge on any atom is -0.377 e. The Labute approximate surface area is 117 Å². The molecule has 1 aromatic rings. The zero-order chi connectivity index (χ0) is 14.4. The fourth-order valence-electron chi connectivity index (χ4n) is 2.21. The average Bonchev–Trinajstić information content (AvgIpc) is 2.58. The van der Waals surface area contributed by atoms with Crippen molar-refractivity contribution >= 4 is 0 Å². The Morgan fingerprint density at radius 2 is 2.00 bits per heavy atom. The molecule has 0 radical (unpaired) electrons. The van der Waals surface area contributed by atoms with Crippen LogP contribution in [-0.4, -0.2) is 35.1 Å². The number of aryl methyl sites for hydroxylation is 2. The molecule has 0 spiro atoms. The van der Waals surface area contributed by atoms with Crippen molar-refractivity contribution < 1.29 is 4.74 Å². The lowest BCUT2D eigenvalue weighted by Crippen LogP contribution is -2.37. The number of nitrogens with one attached hydrogen (secondary N) is 1. The molecule has 0 aliphatic carbocycles. The van der Waals surface area contributed by atoms with Crippen LogP contribution in [0.5, 0.6) is 0 Å². The Morgan fingerprint density at radius 3 is 2.47 bits per heavy atom. The normalized spacial score (nSPS) is 13.2. The number of hydrogen-bond acceptors (Lipinski definition) is 3. The van der Waals surface area contributed by atoms with Crippen LogP contribution in [0.15, 0.2) is 0 Å². The molecular formula is C15H29N3O. The minimum absolute atomic E-state index is 0.280. The van der Waals surface area contributed by atoms with Crippen molar-refractivity contribution in [2.24, 2.45) is 7.05 Å². The van der Waals surface area contributed by atoms with Crippen molar-refractivity contribution in [1.82, 2.24) is 15.1 Å². The van der Waals surface area contributed by atoms with Crippen LogP contribution < -0.4 is 5.32 Å². The zero-order valence-corrected chi connectivity index (χ0v) is 13.3. The Hall–Kier alpha value is -0.870. The van der Waals surface area contributed by atoms with Gasteiger partial charge in [-0.2, -0.15) is 5.10 Å². The second-order valence-corrected chi connectivity index (χ2v) is 5.51. The number of rotatable bonds is 8. The van der Waals surface area contributed by atoms with E-state index in [1.807, 2.05) is 11.7 Å². The maximum atomic E-state index is 5.77. The van der Waals surface area contributed by atoms with E-state index in [4.69, 9.17) is 4.74 Å². The molecule has 1 rings (SSSR count). The summed E-state index contributed by atoms with van der Waals surface area (Å²) in [5.74, 6) is 0. The van der Waals surface area contributed by atoms with Gasteiger partial charge in [0.25, 0.3) is 0 Å². The van der Waals surface area contributed by atoms with Gasteiger partial charge in [-0.1, -0.05) is 6.92 Å². The van der Waals surface area contributed by atoms with Gasteiger partial charge in [0.2, 0.25) is 0 Å². The Morgan fingerprint density at radius 1 is 1.32 bits per heavy atom. The molecule has 0 aliphatic heterocycles. The quantitative estimate of drug-likeness (QED) is 0.786. The maximum Gasteiger partial charge on any atom is 0.0628 e. The summed E-state index contributed by atoms with van der Waals surface area (Å²) in [5, 5.41) is 8.06. The summed E-state index contributed by atoms with van der Waals surface area (Å²) < 4.78 is 7.73. The number of hydrogen-bond donors (Lipinski definition) is 1. The molecule has 0 saturated heterocycles. The highest BCUT2D eigenvalue weighted by Crippen LogP contribution is 2.14. The Bertz CT molecular complexity index is 385. The van der Waals surface area contributed by atoms with Crippen molar-refractivity contribution in [1.29, 1.82) is 0 Å². The van der Waals surface area contributed by atoms with Gasteiger partial charge >= 0.3 is 0 Å². The van der Waals surface area contributed by atoms with Gasteiger partial charge in [0.15, 0.2) is 0 Å². The SMILES string of the molecule is CCCNC(COC(C)C)Cc1c(C)nn(C)c1C. The van der Waals surface area contributed by atoms with Gasteiger partial charge in [-0.25, -0.2) is 0 Å². The first kappa shape index (κ1) is 16.2. The van der Waals surface area contributed by atoms with E-state index >= 15 is 0 Å². The lowest BCUT2D eigenvalue weighted by Gasteiger charge is -2.20. The summed E-state index contributed by atoms with van der Waals surface area (Å²) >= 11 is 0. The molecule has 1 heterocycles. The van der Waals surface area contributed by atoms with Crippen LogP contribution in [0.1, 0.15) is 44.1 Å². The van der Waals surface area contributed by atoms with Crippen molar-refractivity contribution in [2.45, 2.75) is 59.6 Å². The highest BCUT2D eigenvalue weighted by Gasteiger charge is 2.16. The third-order valence-electron chi connectivity index (χ3n) is 3.42. The zero-order valence-electron chi connectivity index (χ0n) is 13.3. The first-order valence-corrected chi connectivity index (χ1v) is 7.29. The van der Waals surface area contributed by atoms with E-state index in [-0.39, 0.29) is 6.10 Å². The van der Waals surface area contributed by atoms with Crippen LogP contribution in [0.4, 0.5) is 0 Å². The minimum atomic E-state index is 0.280. The van der Waals surface area contributed by atoms with E-state index in [9.17, 15) is 0 Å². The predicted octanol–water partition coefficient (Wildman–Crippen LogP) is 2.37. The second-order valence-electron chi connectivity index (χ2n) is 5.51. The summed E-state index contributed by atoms with van der Waals surface area (Å²) in [6.45, 7) is 12.4. The lowest BCUT2D eigenvalue weighted by atomic mass is 10.0. The first-order valence-electron chi connectivity index (χ1n) is 7.29. The van der Waals surface area contributed by atoms with E-state index < -0.39 is 0 Å². The molecule has 0 aliphatic rings. The van der Waals surface area contributed by atoms with Crippen LogP contribution in [0.25, 0.3) is 0 Å². The smallest absolute Gasteiger partial charge is 0.0628 e. The summed E-state index contributed by atoms with van der Waals surface area (Å²) in [6.07, 6.45) is 2.41. The third kappa shape index (κ3) is 4.96. The lowest BCUT2D eigenvalue weighted by molar-refractivity contribution is 0.0612. The van der Waals surface area contributed by atoms with E-state index in [1.165, 1.54) is 11.3 Å². The molecule has 19 heavy (non-hydrogen) atoms. The molecular weight excluding hydrogens is 238 g/mol. The Kier molecular flexibility index (Phi) is 6.52. The van der Waals surface area contributed by atoms with E-state index in [0.29, 0.717) is 6.04 Å². The molecule has 0 aromatic carbocycles. The van der Waals surface area contributed by atoms with Gasteiger partial charge in [0, 0.05) is 18.8 Å². The molecule has 4 nitrogen and oxygen atoms in total. The number of aromatic nitrogens is 2. The predicted molar refractivity (Wildman–Crippen MR) is 79.6 cm³/mol. The van der Waals surface area contributed by atoms with Crippen molar-refractivity contribution in [2.75, 3.05) is 13.2 Å². The van der Waals surface area contributed by atoms with E-state index in [0.717, 1.165) is 31.7 Å². The first-order chi connectivity index (χ1) is 8.95. The number of ether oxygens (including phenoxy) is 1. The number of nitrogens with zero attached hydrogens (tertiary/aromatic N) is 2. The molecule has 1 unspecified atom stereocenters. The van der Waals surface area contributed by atoms with Crippen LogP contribution in [0.3, 0.4) is 0 Å². The van der Waals surface area contributed by atoms with E-state index in [2.05, 4.69) is 45.0 Å². The van der Waals surface area contributed by atoms with Gasteiger partial charge in [0.1, 0.15) is 0 Å². The van der Waals surface area contributed by atoms with E-state index in [1.54, 1.807) is 0 Å². The summed E-state index contributed by atoms with van der Waals surface area (Å²) in [4.78, 5) is 0. The summed E-state index contributed by atoms with van der Waals surface area (Å²) in [6, 6.07) is 0.365. The van der Waals surface area contributed by atoms with Crippen LogP contribution in [0, 0.1) is 13.8 Å². The van der Waals surface area contributed by atoms with Gasteiger partial charge in [-0.3, -0.25) is 4.68 Å². The second kappa shape index (κ2) is 7.65. The monoisotopic (exact) mass is 267 g/mol. The molecule has 1 N–H and O–H groups in total. The van der Waals surface area contributed by atoms with Crippen molar-refractivity contribution in [3.63, 3.8) is 0 Å². The molecule has 0 bridgehead atoms. The molecule has 0 amide bonds. The fraction of sp³-hybridized carbons (Fsp3) is 0.800. The van der Waals surface area contributed by atoms with Crippen LogP contribution in [-0.2, 0) is 18.2 Å². The van der Waals surface area contributed by atoms with Gasteiger partial charge in [0.05, 0.1) is 18.4 Å². The third-order valence-corrected chi connectivity index (χ3v) is 3.42. The standard InChI is InChI=1S/C15H29N3O/c1-7-8-16-14(10-19-11(2)3)9-15-12(4)17-18(6)13(15)5/h11,14,16H,7-10H2,1-6H3. The van der Waals surface area contributed by atoms with Gasteiger partial charge in [-0.05, 0) is 52.6 Å². The highest BCUT2D eigenvalue weighted by atomic mass is 16.5. The Balaban J connectivity index is 2.69. The van der Waals surface area contributed by atoms with Crippen molar-refractivity contribution in [3.8, 4) is 0 Å². The highest BCUT2D eigenvalue weighted by molar-refractivity contribution is 5.25. The molecule has 110 valence electrons. The van der Waals surface area contributed by atoms with Crippen molar-refractivity contribution in [3.05, 3.63) is 17.0 Å². The maximum absolute atomic E-state index is 5.77. The van der Waals surface area contributed by atoms with Gasteiger partial charge < -0.3 is 10.1 Å². The molecule has 0 fully saturated rings. The molecule has 0 saturated carbocycles. The molecule has 1 aromatic heterocycles. The van der Waals surface area contributed by atoms with Crippen LogP contribution in [0.2, 0.25) is 0 Å². The van der Waals surface area contributed by atoms with Crippen LogP contribution >= 0.6 is 0 Å². The summed E-state index contributed by atoms with van der Waals surface area (Å²) in [5.41, 5.74) is 3.74. The molecule has 4 heteroatoms. The fourth-order valence-corrected chi connectivity index (χ4v) is 2.21. The topological polar surface area (TPSA) is 39.1 Å². The largest absolute Gasteiger partial charge is 0.377 e.